The third-order valence-electron chi connectivity index (χ3n) is 3.66. The van der Waals surface area contributed by atoms with E-state index >= 15 is 0 Å². The van der Waals surface area contributed by atoms with Crippen LogP contribution in [0.2, 0.25) is 0 Å². The molecule has 0 aromatic heterocycles. The summed E-state index contributed by atoms with van der Waals surface area (Å²) in [6, 6.07) is 5.53. The monoisotopic (exact) mass is 347 g/mol. The minimum absolute atomic E-state index is 0.0774. The average molecular weight is 347 g/mol. The Bertz CT molecular complexity index is 626. The standard InChI is InChI=1S/C19H25NO5/c1-3-5-14(2)20-18(21)13-25-19(22)9-7-15-6-8-16-17(12-15)24-11-4-10-23-16/h6-9,12,14H,3-5,10-11,13H2,1-2H3,(H,20,21)/b9-7+/t14-/m0/s1. The van der Waals surface area contributed by atoms with Gasteiger partial charge in [-0.1, -0.05) is 19.4 Å². The first-order valence-corrected chi connectivity index (χ1v) is 8.62. The number of fused-ring (bicyclic) bond motifs is 1. The van der Waals surface area contributed by atoms with Crippen molar-refractivity contribution >= 4 is 18.0 Å². The van der Waals surface area contributed by atoms with Crippen LogP contribution in [0.1, 0.15) is 38.7 Å². The minimum Gasteiger partial charge on any atom is -0.490 e. The average Bonchev–Trinajstić information content (AvgIpc) is 2.83. The Morgan fingerprint density at radius 1 is 1.28 bits per heavy atom. The summed E-state index contributed by atoms with van der Waals surface area (Å²) in [5.41, 5.74) is 0.794. The molecule has 136 valence electrons. The van der Waals surface area contributed by atoms with E-state index in [4.69, 9.17) is 14.2 Å². The molecule has 1 aromatic carbocycles. The fourth-order valence-electron chi connectivity index (χ4n) is 2.45. The number of benzene rings is 1. The molecule has 2 rings (SSSR count). The second-order valence-electron chi connectivity index (χ2n) is 5.95. The molecule has 25 heavy (non-hydrogen) atoms. The van der Waals surface area contributed by atoms with Crippen molar-refractivity contribution in [3.63, 3.8) is 0 Å². The van der Waals surface area contributed by atoms with Gasteiger partial charge in [0, 0.05) is 18.5 Å². The molecule has 1 N–H and O–H groups in total. The number of rotatable bonds is 7. The molecule has 1 heterocycles. The van der Waals surface area contributed by atoms with Crippen LogP contribution in [-0.2, 0) is 14.3 Å². The zero-order valence-corrected chi connectivity index (χ0v) is 14.7. The molecule has 1 aliphatic rings. The van der Waals surface area contributed by atoms with Crippen LogP contribution < -0.4 is 14.8 Å². The molecule has 1 aliphatic heterocycles. The van der Waals surface area contributed by atoms with Crippen molar-refractivity contribution in [3.05, 3.63) is 29.8 Å². The molecule has 1 aromatic rings. The van der Waals surface area contributed by atoms with Gasteiger partial charge in [-0.25, -0.2) is 4.79 Å². The number of hydrogen-bond acceptors (Lipinski definition) is 5. The topological polar surface area (TPSA) is 73.9 Å². The van der Waals surface area contributed by atoms with E-state index in [1.54, 1.807) is 6.08 Å². The first-order valence-electron chi connectivity index (χ1n) is 8.62. The molecule has 0 radical (unpaired) electrons. The van der Waals surface area contributed by atoms with Crippen LogP contribution in [0.5, 0.6) is 11.5 Å². The molecule has 0 aliphatic carbocycles. The summed E-state index contributed by atoms with van der Waals surface area (Å²) in [6.45, 7) is 4.93. The van der Waals surface area contributed by atoms with E-state index < -0.39 is 5.97 Å². The molecule has 0 saturated carbocycles. The molecule has 6 heteroatoms. The third kappa shape index (κ3) is 6.49. The minimum atomic E-state index is -0.564. The lowest BCUT2D eigenvalue weighted by Crippen LogP contribution is -2.35. The maximum absolute atomic E-state index is 11.7. The van der Waals surface area contributed by atoms with Gasteiger partial charge in [-0.3, -0.25) is 4.79 Å². The zero-order chi connectivity index (χ0) is 18.1. The van der Waals surface area contributed by atoms with Crippen LogP contribution in [0.4, 0.5) is 0 Å². The van der Waals surface area contributed by atoms with Crippen molar-refractivity contribution in [1.29, 1.82) is 0 Å². The van der Waals surface area contributed by atoms with Gasteiger partial charge in [0.2, 0.25) is 0 Å². The summed E-state index contributed by atoms with van der Waals surface area (Å²) in [5.74, 6) is 0.510. The van der Waals surface area contributed by atoms with Crippen molar-refractivity contribution in [3.8, 4) is 11.5 Å². The van der Waals surface area contributed by atoms with Gasteiger partial charge in [-0.15, -0.1) is 0 Å². The molecular formula is C19H25NO5. The van der Waals surface area contributed by atoms with E-state index in [-0.39, 0.29) is 18.6 Å². The van der Waals surface area contributed by atoms with E-state index in [2.05, 4.69) is 5.32 Å². The van der Waals surface area contributed by atoms with Crippen molar-refractivity contribution in [1.82, 2.24) is 5.32 Å². The summed E-state index contributed by atoms with van der Waals surface area (Å²) in [5, 5.41) is 2.78. The SMILES string of the molecule is CCC[C@H](C)NC(=O)COC(=O)/C=C/c1ccc2c(c1)OCCCO2. The van der Waals surface area contributed by atoms with E-state index in [0.29, 0.717) is 24.7 Å². The van der Waals surface area contributed by atoms with Gasteiger partial charge in [-0.05, 0) is 37.1 Å². The quantitative estimate of drug-likeness (QED) is 0.606. The Labute approximate surface area is 148 Å². The Morgan fingerprint density at radius 2 is 2.04 bits per heavy atom. The van der Waals surface area contributed by atoms with Crippen molar-refractivity contribution in [2.75, 3.05) is 19.8 Å². The highest BCUT2D eigenvalue weighted by Crippen LogP contribution is 2.30. The molecule has 0 spiro atoms. The maximum atomic E-state index is 11.7. The van der Waals surface area contributed by atoms with E-state index in [9.17, 15) is 9.59 Å². The summed E-state index contributed by atoms with van der Waals surface area (Å²) in [4.78, 5) is 23.4. The fraction of sp³-hybridized carbons (Fsp3) is 0.474. The molecule has 0 unspecified atom stereocenters. The van der Waals surface area contributed by atoms with Crippen LogP contribution in [0.25, 0.3) is 6.08 Å². The van der Waals surface area contributed by atoms with Crippen molar-refractivity contribution in [2.24, 2.45) is 0 Å². The lowest BCUT2D eigenvalue weighted by molar-refractivity contribution is -0.144. The van der Waals surface area contributed by atoms with E-state index in [1.165, 1.54) is 6.08 Å². The summed E-state index contributed by atoms with van der Waals surface area (Å²) in [6.07, 6.45) is 5.63. The Balaban J connectivity index is 1.82. The largest absolute Gasteiger partial charge is 0.490 e. The summed E-state index contributed by atoms with van der Waals surface area (Å²) >= 11 is 0. The number of ether oxygens (including phenoxy) is 3. The Kier molecular flexibility index (Phi) is 7.32. The predicted octanol–water partition coefficient (Wildman–Crippen LogP) is 2.71. The highest BCUT2D eigenvalue weighted by atomic mass is 16.5. The highest BCUT2D eigenvalue weighted by molar-refractivity contribution is 5.89. The van der Waals surface area contributed by atoms with Crippen LogP contribution in [0.3, 0.4) is 0 Å². The van der Waals surface area contributed by atoms with Crippen LogP contribution in [0.15, 0.2) is 24.3 Å². The van der Waals surface area contributed by atoms with Gasteiger partial charge in [0.1, 0.15) is 0 Å². The second kappa shape index (κ2) is 9.71. The molecule has 1 atom stereocenters. The van der Waals surface area contributed by atoms with E-state index in [0.717, 1.165) is 24.8 Å². The Morgan fingerprint density at radius 3 is 2.80 bits per heavy atom. The van der Waals surface area contributed by atoms with Gasteiger partial charge in [0.15, 0.2) is 18.1 Å². The highest BCUT2D eigenvalue weighted by Gasteiger charge is 2.11. The fourth-order valence-corrected chi connectivity index (χ4v) is 2.45. The molecule has 6 nitrogen and oxygen atoms in total. The smallest absolute Gasteiger partial charge is 0.331 e. The maximum Gasteiger partial charge on any atom is 0.331 e. The molecule has 0 bridgehead atoms. The number of nitrogens with one attached hydrogen (secondary N) is 1. The van der Waals surface area contributed by atoms with Crippen LogP contribution in [-0.4, -0.2) is 37.7 Å². The van der Waals surface area contributed by atoms with E-state index in [1.807, 2.05) is 32.0 Å². The van der Waals surface area contributed by atoms with Crippen molar-refractivity contribution < 1.29 is 23.8 Å². The number of hydrogen-bond donors (Lipinski definition) is 1. The van der Waals surface area contributed by atoms with Gasteiger partial charge < -0.3 is 19.5 Å². The van der Waals surface area contributed by atoms with Gasteiger partial charge in [0.25, 0.3) is 5.91 Å². The first kappa shape index (κ1) is 18.8. The lowest BCUT2D eigenvalue weighted by Gasteiger charge is -2.12. The zero-order valence-electron chi connectivity index (χ0n) is 14.7. The van der Waals surface area contributed by atoms with Crippen molar-refractivity contribution in [2.45, 2.75) is 39.2 Å². The molecular weight excluding hydrogens is 322 g/mol. The predicted molar refractivity (Wildman–Crippen MR) is 94.6 cm³/mol. The number of carbonyl (C=O) groups is 2. The van der Waals surface area contributed by atoms with Crippen LogP contribution >= 0.6 is 0 Å². The summed E-state index contributed by atoms with van der Waals surface area (Å²) < 4.78 is 16.1. The van der Waals surface area contributed by atoms with Crippen LogP contribution in [0, 0.1) is 0 Å². The number of carbonyl (C=O) groups excluding carboxylic acids is 2. The second-order valence-corrected chi connectivity index (χ2v) is 5.95. The normalized spacial score (nSPS) is 14.6. The van der Waals surface area contributed by atoms with Gasteiger partial charge in [0.05, 0.1) is 13.2 Å². The third-order valence-corrected chi connectivity index (χ3v) is 3.66. The first-order chi connectivity index (χ1) is 12.1. The molecule has 0 fully saturated rings. The molecule has 0 saturated heterocycles. The molecule has 1 amide bonds. The summed E-state index contributed by atoms with van der Waals surface area (Å²) in [7, 11) is 0. The number of amides is 1. The number of esters is 1. The Hall–Kier alpha value is -2.50. The van der Waals surface area contributed by atoms with Gasteiger partial charge in [-0.2, -0.15) is 0 Å². The van der Waals surface area contributed by atoms with Gasteiger partial charge >= 0.3 is 5.97 Å². The lowest BCUT2D eigenvalue weighted by atomic mass is 10.2.